The summed E-state index contributed by atoms with van der Waals surface area (Å²) < 4.78 is 0. The molecule has 0 aliphatic rings. The molecule has 20 heavy (non-hydrogen) atoms. The number of hydrogen-bond acceptors (Lipinski definition) is 3. The molecule has 0 fully saturated rings. The van der Waals surface area contributed by atoms with Crippen molar-refractivity contribution in [1.82, 2.24) is 10.3 Å². The van der Waals surface area contributed by atoms with Gasteiger partial charge in [0.25, 0.3) is 0 Å². The van der Waals surface area contributed by atoms with Crippen molar-refractivity contribution in [1.29, 1.82) is 0 Å². The number of aromatic nitrogens is 1. The molecule has 1 heterocycles. The Bertz CT molecular complexity index is 540. The van der Waals surface area contributed by atoms with Crippen LogP contribution in [0.4, 0.5) is 0 Å². The van der Waals surface area contributed by atoms with Crippen LogP contribution in [0, 0.1) is 20.8 Å². The third-order valence-corrected chi connectivity index (χ3v) is 4.81. The molecule has 0 saturated carbocycles. The zero-order chi connectivity index (χ0) is 14.5. The van der Waals surface area contributed by atoms with Crippen molar-refractivity contribution in [2.45, 2.75) is 46.6 Å². The fraction of sp³-hybridized carbons (Fsp3) is 0.471. The van der Waals surface area contributed by atoms with Gasteiger partial charge in [-0.15, -0.1) is 11.3 Å². The topological polar surface area (TPSA) is 24.9 Å². The summed E-state index contributed by atoms with van der Waals surface area (Å²) in [4.78, 5) is 6.01. The van der Waals surface area contributed by atoms with Crippen LogP contribution < -0.4 is 5.32 Å². The average Bonchev–Trinajstić information content (AvgIpc) is 2.71. The molecule has 0 aliphatic carbocycles. The first kappa shape index (κ1) is 15.2. The summed E-state index contributed by atoms with van der Waals surface area (Å²) in [6.45, 7) is 9.61. The SMILES string of the molecule is CCNC(Cc1nc(C)c(C)s1)Cc1ccccc1C. The van der Waals surface area contributed by atoms with Gasteiger partial charge in [0.15, 0.2) is 0 Å². The molecule has 0 spiro atoms. The van der Waals surface area contributed by atoms with E-state index in [0.29, 0.717) is 6.04 Å². The third-order valence-electron chi connectivity index (χ3n) is 3.71. The van der Waals surface area contributed by atoms with Gasteiger partial charge >= 0.3 is 0 Å². The Labute approximate surface area is 126 Å². The Morgan fingerprint density at radius 1 is 1.15 bits per heavy atom. The molecule has 2 nitrogen and oxygen atoms in total. The number of thiazole rings is 1. The number of benzene rings is 1. The van der Waals surface area contributed by atoms with E-state index >= 15 is 0 Å². The second-order valence-corrected chi connectivity index (χ2v) is 6.63. The predicted octanol–water partition coefficient (Wildman–Crippen LogP) is 3.83. The van der Waals surface area contributed by atoms with Crippen LogP contribution >= 0.6 is 11.3 Å². The van der Waals surface area contributed by atoms with E-state index in [0.717, 1.165) is 19.4 Å². The Balaban J connectivity index is 2.09. The van der Waals surface area contributed by atoms with Crippen LogP contribution in [0.5, 0.6) is 0 Å². The van der Waals surface area contributed by atoms with E-state index in [1.165, 1.54) is 26.7 Å². The van der Waals surface area contributed by atoms with Crippen molar-refractivity contribution in [2.75, 3.05) is 6.54 Å². The largest absolute Gasteiger partial charge is 0.314 e. The minimum absolute atomic E-state index is 0.464. The molecule has 1 unspecified atom stereocenters. The molecule has 3 heteroatoms. The van der Waals surface area contributed by atoms with Crippen molar-refractivity contribution in [3.05, 3.63) is 51.0 Å². The lowest BCUT2D eigenvalue weighted by molar-refractivity contribution is 0.519. The lowest BCUT2D eigenvalue weighted by atomic mass is 9.99. The molecule has 0 saturated heterocycles. The molecule has 1 aromatic carbocycles. The summed E-state index contributed by atoms with van der Waals surface area (Å²) >= 11 is 1.83. The maximum atomic E-state index is 4.67. The number of rotatable bonds is 6. The van der Waals surface area contributed by atoms with Gasteiger partial charge in [0.05, 0.1) is 10.7 Å². The van der Waals surface area contributed by atoms with Gasteiger partial charge in [0.1, 0.15) is 0 Å². The summed E-state index contributed by atoms with van der Waals surface area (Å²) in [6.07, 6.45) is 2.08. The van der Waals surface area contributed by atoms with Crippen molar-refractivity contribution in [3.63, 3.8) is 0 Å². The third kappa shape index (κ3) is 3.90. The highest BCUT2D eigenvalue weighted by atomic mass is 32.1. The average molecular weight is 288 g/mol. The number of nitrogens with one attached hydrogen (secondary N) is 1. The van der Waals surface area contributed by atoms with Crippen molar-refractivity contribution in [2.24, 2.45) is 0 Å². The monoisotopic (exact) mass is 288 g/mol. The summed E-state index contributed by atoms with van der Waals surface area (Å²) in [7, 11) is 0. The fourth-order valence-electron chi connectivity index (χ4n) is 2.45. The highest BCUT2D eigenvalue weighted by molar-refractivity contribution is 7.11. The molecule has 1 aromatic heterocycles. The summed E-state index contributed by atoms with van der Waals surface area (Å²) in [5, 5.41) is 4.85. The second-order valence-electron chi connectivity index (χ2n) is 5.34. The zero-order valence-corrected chi connectivity index (χ0v) is 13.7. The number of aryl methyl sites for hydroxylation is 3. The van der Waals surface area contributed by atoms with Crippen molar-refractivity contribution >= 4 is 11.3 Å². The normalized spacial score (nSPS) is 12.6. The first-order valence-corrected chi connectivity index (χ1v) is 8.12. The van der Waals surface area contributed by atoms with E-state index in [4.69, 9.17) is 0 Å². The Kier molecular flexibility index (Phi) is 5.32. The molecule has 0 bridgehead atoms. The smallest absolute Gasteiger partial charge is 0.0946 e. The van der Waals surface area contributed by atoms with E-state index < -0.39 is 0 Å². The summed E-state index contributed by atoms with van der Waals surface area (Å²) in [5.41, 5.74) is 3.99. The predicted molar refractivity (Wildman–Crippen MR) is 87.6 cm³/mol. The standard InChI is InChI=1S/C17H24N2S/c1-5-18-16(10-15-9-7-6-8-12(15)2)11-17-19-13(3)14(4)20-17/h6-9,16,18H,5,10-11H2,1-4H3. The summed E-state index contributed by atoms with van der Waals surface area (Å²) in [6, 6.07) is 9.12. The van der Waals surface area contributed by atoms with E-state index in [-0.39, 0.29) is 0 Å². The Morgan fingerprint density at radius 3 is 2.50 bits per heavy atom. The molecule has 0 amide bonds. The molecular weight excluding hydrogens is 264 g/mol. The van der Waals surface area contributed by atoms with Gasteiger partial charge in [0, 0.05) is 17.3 Å². The zero-order valence-electron chi connectivity index (χ0n) is 12.9. The molecule has 2 aromatic rings. The van der Waals surface area contributed by atoms with Crippen molar-refractivity contribution < 1.29 is 0 Å². The van der Waals surface area contributed by atoms with Crippen LogP contribution in [0.2, 0.25) is 0 Å². The minimum Gasteiger partial charge on any atom is -0.314 e. The molecule has 108 valence electrons. The van der Waals surface area contributed by atoms with Gasteiger partial charge in [-0.05, 0) is 44.9 Å². The molecular formula is C17H24N2S. The summed E-state index contributed by atoms with van der Waals surface area (Å²) in [5.74, 6) is 0. The second kappa shape index (κ2) is 7.00. The molecule has 0 aliphatic heterocycles. The lowest BCUT2D eigenvalue weighted by Gasteiger charge is -2.18. The lowest BCUT2D eigenvalue weighted by Crippen LogP contribution is -2.33. The van der Waals surface area contributed by atoms with Crippen LogP contribution in [-0.2, 0) is 12.8 Å². The van der Waals surface area contributed by atoms with Crippen LogP contribution in [0.1, 0.15) is 33.6 Å². The van der Waals surface area contributed by atoms with Gasteiger partial charge in [-0.25, -0.2) is 4.98 Å². The molecule has 1 atom stereocenters. The fourth-order valence-corrected chi connectivity index (χ4v) is 3.46. The van der Waals surface area contributed by atoms with Crippen LogP contribution in [0.25, 0.3) is 0 Å². The maximum Gasteiger partial charge on any atom is 0.0946 e. The van der Waals surface area contributed by atoms with Crippen LogP contribution in [0.15, 0.2) is 24.3 Å². The minimum atomic E-state index is 0.464. The molecule has 2 rings (SSSR count). The Morgan fingerprint density at radius 2 is 1.90 bits per heavy atom. The quantitative estimate of drug-likeness (QED) is 0.874. The van der Waals surface area contributed by atoms with Gasteiger partial charge in [-0.1, -0.05) is 31.2 Å². The van der Waals surface area contributed by atoms with Crippen molar-refractivity contribution in [3.8, 4) is 0 Å². The highest BCUT2D eigenvalue weighted by Crippen LogP contribution is 2.19. The number of likely N-dealkylation sites (N-methyl/N-ethyl adjacent to an activating group) is 1. The van der Waals surface area contributed by atoms with E-state index in [2.05, 4.69) is 62.3 Å². The number of hydrogen-bond donors (Lipinski definition) is 1. The first-order valence-electron chi connectivity index (χ1n) is 7.31. The first-order chi connectivity index (χ1) is 9.60. The molecule has 0 radical (unpaired) electrons. The van der Waals surface area contributed by atoms with Gasteiger partial charge in [0.2, 0.25) is 0 Å². The van der Waals surface area contributed by atoms with Crippen LogP contribution in [-0.4, -0.2) is 17.6 Å². The highest BCUT2D eigenvalue weighted by Gasteiger charge is 2.13. The van der Waals surface area contributed by atoms with E-state index in [1.807, 2.05) is 11.3 Å². The van der Waals surface area contributed by atoms with Gasteiger partial charge in [-0.3, -0.25) is 0 Å². The maximum absolute atomic E-state index is 4.67. The van der Waals surface area contributed by atoms with Gasteiger partial charge in [-0.2, -0.15) is 0 Å². The van der Waals surface area contributed by atoms with Gasteiger partial charge < -0.3 is 5.32 Å². The van der Waals surface area contributed by atoms with E-state index in [1.54, 1.807) is 0 Å². The Hall–Kier alpha value is -1.19. The van der Waals surface area contributed by atoms with E-state index in [9.17, 15) is 0 Å². The van der Waals surface area contributed by atoms with Crippen LogP contribution in [0.3, 0.4) is 0 Å². The molecule has 1 N–H and O–H groups in total. The number of nitrogens with zero attached hydrogens (tertiary/aromatic N) is 1.